The lowest BCUT2D eigenvalue weighted by atomic mass is 10.2. The van der Waals surface area contributed by atoms with E-state index in [1.54, 1.807) is 48.5 Å². The number of nitrogen functional groups attached to an aromatic ring is 1. The maximum atomic E-state index is 12.3. The van der Waals surface area contributed by atoms with E-state index in [1.807, 2.05) is 0 Å². The smallest absolute Gasteiger partial charge is 0.435 e. The van der Waals surface area contributed by atoms with Gasteiger partial charge in [-0.1, -0.05) is 18.8 Å². The van der Waals surface area contributed by atoms with E-state index in [-0.39, 0.29) is 101 Å². The Morgan fingerprint density at radius 1 is 0.631 bits per heavy atom. The molecule has 718 valence electrons. The van der Waals surface area contributed by atoms with Gasteiger partial charge in [0.25, 0.3) is 15.2 Å². The Bertz CT molecular complexity index is 3760. The van der Waals surface area contributed by atoms with Gasteiger partial charge in [0.1, 0.15) is 34.2 Å². The number of alkyl halides is 21. The van der Waals surface area contributed by atoms with E-state index in [0.29, 0.717) is 40.6 Å². The maximum Gasteiger partial charge on any atom is 0.435 e. The number of esters is 4. The summed E-state index contributed by atoms with van der Waals surface area (Å²) in [6.07, 6.45) is -19.5. The molecule has 1 unspecified atom stereocenters. The third-order valence-electron chi connectivity index (χ3n) is 8.86. The molecular formula is C59H91Cl7F16N10O22S8. The number of halogens is 23. The van der Waals surface area contributed by atoms with Gasteiger partial charge in [0.15, 0.2) is 49.9 Å². The van der Waals surface area contributed by atoms with E-state index < -0.39 is 148 Å². The van der Waals surface area contributed by atoms with E-state index in [1.165, 1.54) is 40.5 Å². The quantitative estimate of drug-likeness (QED) is 0.00461. The molecule has 1 atom stereocenters. The van der Waals surface area contributed by atoms with E-state index in [0.717, 1.165) is 64.2 Å². The highest BCUT2D eigenvalue weighted by Crippen LogP contribution is 2.38. The van der Waals surface area contributed by atoms with Crippen molar-refractivity contribution >= 4 is 212 Å². The number of ketones is 2. The highest BCUT2D eigenvalue weighted by molar-refractivity contribution is 8.31. The molecule has 1 saturated heterocycles. The number of aromatic nitrogens is 5. The number of hydrogen-bond acceptors (Lipinski definition) is 35. The van der Waals surface area contributed by atoms with Gasteiger partial charge in [-0.05, 0) is 101 Å². The SMILES string of the molecule is C.C1CCOC1.CC(C)(C)O[N+](=O)[O-].CCO.CCO.CCOC(=O)C(Cl)C(C)=O.CCOC(=O)CC(C)=O.CCOC(=O)c1sc(N)nc1C(F)(F)F.CCOC(=O)c1scnc1C(F)(F)F.CS(=O)(=O)OCc1scnc1C(F)(F)F.ClCCl.ClCCl.NC(N)=S.NCc1scnc1C(F)(F)F.O=S(=O)(Cl)Cl.OCc1scnc1C(F)(F)F.[2H]CF. The number of nitrogens with zero attached hydrogens (tertiary/aromatic N) is 6. The molecular weight excluding hydrogens is 2010 g/mol. The third kappa shape index (κ3) is 89.5. The van der Waals surface area contributed by atoms with Crippen LogP contribution in [0.4, 0.5) is 75.4 Å². The van der Waals surface area contributed by atoms with Crippen molar-refractivity contribution in [2.45, 2.75) is 164 Å². The van der Waals surface area contributed by atoms with Crippen molar-refractivity contribution in [1.29, 1.82) is 0 Å². The predicted octanol–water partition coefficient (Wildman–Crippen LogP) is 16.2. The fourth-order valence-electron chi connectivity index (χ4n) is 5.21. The summed E-state index contributed by atoms with van der Waals surface area (Å²) in [5, 5.41) is 31.3. The molecule has 6 rings (SSSR count). The van der Waals surface area contributed by atoms with Gasteiger partial charge in [0, 0.05) is 54.3 Å². The highest BCUT2D eigenvalue weighted by atomic mass is 36.0. The average molecular weight is 2100 g/mol. The average Bonchev–Trinajstić information content (AvgIpc) is 1.69. The van der Waals surface area contributed by atoms with Crippen LogP contribution in [0.15, 0.2) is 22.0 Å². The molecule has 0 saturated carbocycles. The first-order valence-electron chi connectivity index (χ1n) is 32.0. The van der Waals surface area contributed by atoms with Crippen LogP contribution < -0.4 is 22.9 Å². The van der Waals surface area contributed by atoms with Crippen molar-refractivity contribution in [3.63, 3.8) is 0 Å². The molecule has 32 nitrogen and oxygen atoms in total. The zero-order chi connectivity index (χ0) is 98.4. The molecule has 11 N–H and O–H groups in total. The summed E-state index contributed by atoms with van der Waals surface area (Å²) in [4.78, 5) is 91.7. The summed E-state index contributed by atoms with van der Waals surface area (Å²) in [6.45, 7) is 19.0. The van der Waals surface area contributed by atoms with E-state index >= 15 is 0 Å². The molecule has 0 aliphatic carbocycles. The van der Waals surface area contributed by atoms with Crippen LogP contribution in [0, 0.1) is 10.1 Å². The van der Waals surface area contributed by atoms with Gasteiger partial charge in [-0.3, -0.25) is 23.0 Å². The number of Topliss-reactive ketones (excluding diaryl/α,β-unsaturated/α-hetero) is 2. The van der Waals surface area contributed by atoms with Crippen LogP contribution in [-0.4, -0.2) is 191 Å². The summed E-state index contributed by atoms with van der Waals surface area (Å²) < 4.78 is 264. The Morgan fingerprint density at radius 3 is 1.20 bits per heavy atom. The topological polar surface area (TPSA) is 508 Å². The van der Waals surface area contributed by atoms with Gasteiger partial charge < -0.3 is 66.8 Å². The van der Waals surface area contributed by atoms with E-state index in [2.05, 4.69) is 97.9 Å². The van der Waals surface area contributed by atoms with Crippen LogP contribution in [-0.2, 0) is 121 Å². The first-order valence-corrected chi connectivity index (χ1v) is 43.6. The number of aliphatic hydroxyl groups is 3. The van der Waals surface area contributed by atoms with Crippen LogP contribution in [0.25, 0.3) is 0 Å². The van der Waals surface area contributed by atoms with Crippen LogP contribution in [0.5, 0.6) is 0 Å². The van der Waals surface area contributed by atoms with E-state index in [9.17, 15) is 118 Å². The third-order valence-corrected chi connectivity index (χ3v) is 14.0. The van der Waals surface area contributed by atoms with Crippen LogP contribution in [0.1, 0.15) is 167 Å². The Labute approximate surface area is 751 Å². The van der Waals surface area contributed by atoms with Gasteiger partial charge >= 0.3 is 63.0 Å². The molecule has 1 fully saturated rings. The zero-order valence-electron chi connectivity index (χ0n) is 66.0. The van der Waals surface area contributed by atoms with Gasteiger partial charge in [0.2, 0.25) is 0 Å². The predicted molar refractivity (Wildman–Crippen MR) is 436 cm³/mol. The van der Waals surface area contributed by atoms with Gasteiger partial charge in [-0.2, -0.15) is 82.7 Å². The largest absolute Gasteiger partial charge is 0.466 e. The fraction of sp³-hybridized carbons (Fsp3) is 0.627. The van der Waals surface area contributed by atoms with Crippen molar-refractivity contribution < 1.29 is 170 Å². The minimum Gasteiger partial charge on any atom is -0.466 e. The monoisotopic (exact) mass is 2100 g/mol. The minimum atomic E-state index is -4.70. The normalized spacial score (nSPS) is 11.3. The van der Waals surface area contributed by atoms with Crippen molar-refractivity contribution in [3.05, 3.63) is 85.0 Å². The maximum absolute atomic E-state index is 12.3. The molecule has 0 radical (unpaired) electrons. The Balaban J connectivity index is -0.000000124. The van der Waals surface area contributed by atoms with Crippen molar-refractivity contribution in [3.8, 4) is 0 Å². The number of anilines is 1. The number of thiocarbonyl (C=S) groups is 1. The van der Waals surface area contributed by atoms with Gasteiger partial charge in [0.05, 0.1) is 95.2 Å². The number of thiazole rings is 5. The second kappa shape index (κ2) is 77.9. The molecule has 1 aliphatic rings. The van der Waals surface area contributed by atoms with Crippen LogP contribution >= 0.6 is 148 Å². The number of carbonyl (C=O) groups is 6. The van der Waals surface area contributed by atoms with Crippen molar-refractivity contribution in [1.82, 2.24) is 24.9 Å². The first kappa shape index (κ1) is 137. The molecule has 5 aromatic heterocycles. The fourth-order valence-corrected chi connectivity index (χ4v) is 9.12. The van der Waals surface area contributed by atoms with E-state index in [4.69, 9.17) is 99.3 Å². The number of ether oxygens (including phenoxy) is 5. The molecule has 1 aliphatic heterocycles. The van der Waals surface area contributed by atoms with Crippen LogP contribution in [0.3, 0.4) is 0 Å². The number of hydrogen-bond donors (Lipinski definition) is 7. The molecule has 0 aromatic carbocycles. The summed E-state index contributed by atoms with van der Waals surface area (Å²) in [5.41, 5.74) is 17.5. The second-order valence-corrected chi connectivity index (χ2v) is 32.2. The highest BCUT2D eigenvalue weighted by Gasteiger charge is 2.42. The lowest BCUT2D eigenvalue weighted by Gasteiger charge is -2.13. The number of nitrogens with two attached hydrogens (primary N) is 4. The molecule has 0 amide bonds. The molecule has 5 aromatic rings. The minimum absolute atomic E-state index is 0. The molecule has 0 spiro atoms. The van der Waals surface area contributed by atoms with Gasteiger partial charge in [-0.25, -0.2) is 39.3 Å². The first-order chi connectivity index (χ1) is 55.6. The lowest BCUT2D eigenvalue weighted by molar-refractivity contribution is -0.778. The number of rotatable bonds is 16. The summed E-state index contributed by atoms with van der Waals surface area (Å²) >= 11 is 32.0. The van der Waals surface area contributed by atoms with Crippen molar-refractivity contribution in [2.75, 3.05) is 82.7 Å². The van der Waals surface area contributed by atoms with Crippen molar-refractivity contribution in [2.24, 2.45) is 17.2 Å². The molecule has 0 bridgehead atoms. The summed E-state index contributed by atoms with van der Waals surface area (Å²) in [5.74, 6) is -3.70. The number of aliphatic hydroxyl groups excluding tert-OH is 3. The standard InChI is InChI=1S/C7H7F3N2O2S.C7H6F3NO2S.C6H9ClO3.C6H6F3NO3S2.C6H10O3.C5H5F3N2S.C5H4F3NOS.C4H9NO3.C4H8O.2C2H6O.2CH2Cl2.CH3F.CH4N2S.CH4.Cl2O2S/c1-2-14-5(13)3-4(7(8,9)10)12-6(11)15-3;1-2-13-6(12)4-5(7(8,9)10)11-3-14-4;1-3-10-6(9)5(7)4(2)8;1-15(11,12)13-2-4-5(6(7,8)9)10-3-14-4;1-3-9-6(8)4-5(2)7;6-5(7,8)4-3(1-9)11-2-10-4;6-5(7,8)4-3(1-10)11-2-9-4;1-4(2,3)8-5(6)7;1-2-4-5-3-1;2*1-2-3;2*2-1-3;1-2;2-1(3)4;;1-5(2,3)4/h2H2,1H3,(H2,11,12);3H,2H2,1H3;5H,3H2,1-2H3;3H,2H2,1H3;3-4H2,1-2H3;2H,1,9H2;2,10H,1H2;1-3H3;1-4H2;2*3H,2H2,1H3;2*1H2;1H3;(H4,2,3,4);1H4;/i;;;;;;;;;;;;;1D;;;. The zero-order valence-corrected chi connectivity index (χ0v) is 76.8. The molecule has 122 heavy (non-hydrogen) atoms. The molecule has 6 heterocycles. The molecule has 63 heteroatoms. The van der Waals surface area contributed by atoms with Crippen LogP contribution in [0.2, 0.25) is 0 Å². The Hall–Kier alpha value is -5.37. The Kier molecular flexibility index (Phi) is 87.6. The number of carbonyl (C=O) groups excluding carboxylic acids is 6. The summed E-state index contributed by atoms with van der Waals surface area (Å²) in [6, 6.07) is 0. The summed E-state index contributed by atoms with van der Waals surface area (Å²) in [7, 11) is 0.0624. The Morgan fingerprint density at radius 2 is 0.943 bits per heavy atom. The van der Waals surface area contributed by atoms with Gasteiger partial charge in [-0.15, -0.1) is 113 Å². The lowest BCUT2D eigenvalue weighted by Crippen LogP contribution is -2.24. The second-order valence-electron chi connectivity index (χ2n) is 19.7.